The van der Waals surface area contributed by atoms with Gasteiger partial charge in [0.25, 0.3) is 0 Å². The molecule has 1 saturated heterocycles. The molecule has 3 rings (SSSR count). The van der Waals surface area contributed by atoms with E-state index in [0.717, 1.165) is 23.0 Å². The van der Waals surface area contributed by atoms with Gasteiger partial charge in [0, 0.05) is 29.4 Å². The molecule has 2 heterocycles. The third-order valence-corrected chi connectivity index (χ3v) is 5.86. The lowest BCUT2D eigenvalue weighted by molar-refractivity contribution is -0.113. The Bertz CT molecular complexity index is 786. The van der Waals surface area contributed by atoms with Gasteiger partial charge in [-0.2, -0.15) is 0 Å². The fraction of sp³-hybridized carbons (Fsp3) is 0.421. The molecule has 1 aromatic carbocycles. The first-order valence-electron chi connectivity index (χ1n) is 8.80. The van der Waals surface area contributed by atoms with Crippen LogP contribution in [0.5, 0.6) is 0 Å². The summed E-state index contributed by atoms with van der Waals surface area (Å²) in [4.78, 5) is 23.2. The lowest BCUT2D eigenvalue weighted by atomic mass is 10.0. The summed E-state index contributed by atoms with van der Waals surface area (Å²) in [6.45, 7) is 5.19. The molecule has 1 N–H and O–H groups in total. The zero-order chi connectivity index (χ0) is 18.5. The molecular formula is C19H23ClN4OS. The first-order chi connectivity index (χ1) is 12.5. The minimum atomic E-state index is -0.0820. The molecule has 1 atom stereocenters. The molecule has 2 aromatic rings. The van der Waals surface area contributed by atoms with Crippen molar-refractivity contribution in [2.24, 2.45) is 0 Å². The third-order valence-electron chi connectivity index (χ3n) is 4.53. The standard InChI is InChI=1S/C19H23ClN4OS/c1-13-6-7-15(9-16(13)20)23-18(25)11-26-19-10-17(21-12-22-19)24-8-4-3-5-14(24)2/h6-7,9-10,12,14H,3-5,8,11H2,1-2H3,(H,23,25). The number of nitrogens with one attached hydrogen (secondary N) is 1. The van der Waals surface area contributed by atoms with E-state index in [9.17, 15) is 4.79 Å². The van der Waals surface area contributed by atoms with Gasteiger partial charge >= 0.3 is 0 Å². The number of piperidine rings is 1. The molecular weight excluding hydrogens is 368 g/mol. The van der Waals surface area contributed by atoms with Crippen LogP contribution in [0.3, 0.4) is 0 Å². The van der Waals surface area contributed by atoms with Crippen LogP contribution in [-0.2, 0) is 4.79 Å². The highest BCUT2D eigenvalue weighted by atomic mass is 35.5. The zero-order valence-electron chi connectivity index (χ0n) is 15.0. The Morgan fingerprint density at radius 2 is 2.19 bits per heavy atom. The minimum Gasteiger partial charge on any atom is -0.354 e. The van der Waals surface area contributed by atoms with Crippen LogP contribution in [0.2, 0.25) is 5.02 Å². The number of hydrogen-bond acceptors (Lipinski definition) is 5. The molecule has 7 heteroatoms. The van der Waals surface area contributed by atoms with E-state index in [2.05, 4.69) is 27.1 Å². The van der Waals surface area contributed by atoms with Crippen molar-refractivity contribution < 1.29 is 4.79 Å². The van der Waals surface area contributed by atoms with Crippen molar-refractivity contribution in [2.45, 2.75) is 44.2 Å². The number of nitrogens with zero attached hydrogens (tertiary/aromatic N) is 3. The number of anilines is 2. The van der Waals surface area contributed by atoms with Gasteiger partial charge in [0.2, 0.25) is 5.91 Å². The van der Waals surface area contributed by atoms with Crippen molar-refractivity contribution >= 4 is 40.8 Å². The molecule has 1 fully saturated rings. The van der Waals surface area contributed by atoms with Crippen LogP contribution in [0.4, 0.5) is 11.5 Å². The minimum absolute atomic E-state index is 0.0820. The Morgan fingerprint density at radius 3 is 2.96 bits per heavy atom. The number of rotatable bonds is 5. The van der Waals surface area contributed by atoms with E-state index in [0.29, 0.717) is 16.8 Å². The number of amides is 1. The topological polar surface area (TPSA) is 58.1 Å². The van der Waals surface area contributed by atoms with Crippen molar-refractivity contribution in [3.05, 3.63) is 41.2 Å². The molecule has 138 valence electrons. The maximum Gasteiger partial charge on any atom is 0.234 e. The summed E-state index contributed by atoms with van der Waals surface area (Å²) in [6.07, 6.45) is 5.23. The van der Waals surface area contributed by atoms with E-state index in [1.54, 1.807) is 12.4 Å². The summed E-state index contributed by atoms with van der Waals surface area (Å²) in [5, 5.41) is 4.32. The number of carbonyl (C=O) groups excluding carboxylic acids is 1. The average molecular weight is 391 g/mol. The van der Waals surface area contributed by atoms with Crippen LogP contribution < -0.4 is 10.2 Å². The van der Waals surface area contributed by atoms with Gasteiger partial charge in [-0.1, -0.05) is 29.4 Å². The molecule has 0 spiro atoms. The first kappa shape index (κ1) is 19.0. The highest BCUT2D eigenvalue weighted by molar-refractivity contribution is 7.99. The SMILES string of the molecule is Cc1ccc(NC(=O)CSc2cc(N3CCCCC3C)ncn2)cc1Cl. The van der Waals surface area contributed by atoms with E-state index >= 15 is 0 Å². The van der Waals surface area contributed by atoms with E-state index in [1.807, 2.05) is 25.1 Å². The van der Waals surface area contributed by atoms with E-state index in [4.69, 9.17) is 11.6 Å². The summed E-state index contributed by atoms with van der Waals surface area (Å²) in [5.41, 5.74) is 1.69. The maximum absolute atomic E-state index is 12.2. The molecule has 1 amide bonds. The molecule has 26 heavy (non-hydrogen) atoms. The van der Waals surface area contributed by atoms with Crippen molar-refractivity contribution in [2.75, 3.05) is 22.5 Å². The number of aryl methyl sites for hydroxylation is 1. The molecule has 1 aliphatic rings. The van der Waals surface area contributed by atoms with Crippen molar-refractivity contribution in [1.29, 1.82) is 0 Å². The second-order valence-corrected chi connectivity index (χ2v) is 7.96. The summed E-state index contributed by atoms with van der Waals surface area (Å²) in [7, 11) is 0. The second kappa shape index (κ2) is 8.73. The monoisotopic (exact) mass is 390 g/mol. The summed E-state index contributed by atoms with van der Waals surface area (Å²) >= 11 is 7.51. The molecule has 0 aliphatic carbocycles. The van der Waals surface area contributed by atoms with Gasteiger partial charge in [-0.25, -0.2) is 9.97 Å². The molecule has 1 aromatic heterocycles. The van der Waals surface area contributed by atoms with Gasteiger partial charge in [-0.3, -0.25) is 4.79 Å². The molecule has 1 unspecified atom stereocenters. The molecule has 1 aliphatic heterocycles. The normalized spacial score (nSPS) is 17.2. The quantitative estimate of drug-likeness (QED) is 0.599. The number of halogens is 1. The van der Waals surface area contributed by atoms with Gasteiger partial charge in [-0.15, -0.1) is 0 Å². The smallest absolute Gasteiger partial charge is 0.234 e. The molecule has 0 radical (unpaired) electrons. The number of thioether (sulfide) groups is 1. The lowest BCUT2D eigenvalue weighted by Gasteiger charge is -2.34. The van der Waals surface area contributed by atoms with Crippen LogP contribution in [0.25, 0.3) is 0 Å². The van der Waals surface area contributed by atoms with Crippen molar-refractivity contribution in [3.8, 4) is 0 Å². The highest BCUT2D eigenvalue weighted by Gasteiger charge is 2.20. The highest BCUT2D eigenvalue weighted by Crippen LogP contribution is 2.26. The predicted molar refractivity (Wildman–Crippen MR) is 108 cm³/mol. The largest absolute Gasteiger partial charge is 0.354 e. The molecule has 5 nitrogen and oxygen atoms in total. The maximum atomic E-state index is 12.2. The first-order valence-corrected chi connectivity index (χ1v) is 10.2. The Hall–Kier alpha value is -1.79. The summed E-state index contributed by atoms with van der Waals surface area (Å²) < 4.78 is 0. The summed E-state index contributed by atoms with van der Waals surface area (Å²) in [5.74, 6) is 1.15. The lowest BCUT2D eigenvalue weighted by Crippen LogP contribution is -2.38. The predicted octanol–water partition coefficient (Wildman–Crippen LogP) is 4.55. The van der Waals surface area contributed by atoms with Crippen molar-refractivity contribution in [1.82, 2.24) is 9.97 Å². The Morgan fingerprint density at radius 1 is 1.35 bits per heavy atom. The Kier molecular flexibility index (Phi) is 6.38. The van der Waals surface area contributed by atoms with Gasteiger partial charge in [0.05, 0.1) is 5.75 Å². The van der Waals surface area contributed by atoms with Crippen LogP contribution in [0.1, 0.15) is 31.7 Å². The fourth-order valence-corrected chi connectivity index (χ4v) is 3.85. The van der Waals surface area contributed by atoms with Gasteiger partial charge in [-0.05, 0) is 50.8 Å². The van der Waals surface area contributed by atoms with Crippen LogP contribution >= 0.6 is 23.4 Å². The molecule has 0 saturated carbocycles. The molecule has 0 bridgehead atoms. The van der Waals surface area contributed by atoms with Crippen LogP contribution in [0.15, 0.2) is 35.6 Å². The van der Waals surface area contributed by atoms with Crippen molar-refractivity contribution in [3.63, 3.8) is 0 Å². The average Bonchev–Trinajstić information content (AvgIpc) is 2.64. The van der Waals surface area contributed by atoms with E-state index < -0.39 is 0 Å². The number of carbonyl (C=O) groups is 1. The van der Waals surface area contributed by atoms with Crippen LogP contribution in [-0.4, -0.2) is 34.2 Å². The number of benzene rings is 1. The fourth-order valence-electron chi connectivity index (χ4n) is 3.01. The van der Waals surface area contributed by atoms with Gasteiger partial charge < -0.3 is 10.2 Å². The second-order valence-electron chi connectivity index (χ2n) is 6.55. The van der Waals surface area contributed by atoms with Gasteiger partial charge in [0.15, 0.2) is 0 Å². The number of hydrogen-bond donors (Lipinski definition) is 1. The van der Waals surface area contributed by atoms with Gasteiger partial charge in [0.1, 0.15) is 17.2 Å². The summed E-state index contributed by atoms with van der Waals surface area (Å²) in [6, 6.07) is 7.97. The zero-order valence-corrected chi connectivity index (χ0v) is 16.6. The van der Waals surface area contributed by atoms with E-state index in [-0.39, 0.29) is 11.7 Å². The Balaban J connectivity index is 1.58. The van der Waals surface area contributed by atoms with E-state index in [1.165, 1.54) is 31.0 Å². The van der Waals surface area contributed by atoms with Crippen LogP contribution in [0, 0.1) is 6.92 Å². The third kappa shape index (κ3) is 4.89. The Labute approximate surface area is 163 Å². The number of aromatic nitrogens is 2.